The first-order chi connectivity index (χ1) is 11.9. The number of H-pyrrole nitrogens is 1. The normalized spacial score (nSPS) is 19.4. The van der Waals surface area contributed by atoms with E-state index in [1.165, 1.54) is 13.3 Å². The number of aryl methyl sites for hydroxylation is 1. The van der Waals surface area contributed by atoms with Crippen molar-refractivity contribution in [2.45, 2.75) is 39.0 Å². The maximum atomic E-state index is 12.7. The number of hydrogen-bond donors (Lipinski definition) is 2. The first-order valence-corrected chi connectivity index (χ1v) is 8.16. The Morgan fingerprint density at radius 1 is 1.52 bits per heavy atom. The lowest BCUT2D eigenvalue weighted by atomic mass is 9.99. The van der Waals surface area contributed by atoms with E-state index < -0.39 is 0 Å². The van der Waals surface area contributed by atoms with Gasteiger partial charge in [0, 0.05) is 25.2 Å². The van der Waals surface area contributed by atoms with Gasteiger partial charge in [0.05, 0.1) is 37.1 Å². The Kier molecular flexibility index (Phi) is 4.63. The molecule has 1 aliphatic rings. The minimum Gasteiger partial charge on any atom is -0.496 e. The molecule has 2 aromatic heterocycles. The summed E-state index contributed by atoms with van der Waals surface area (Å²) in [5.74, 6) is 0.162. The summed E-state index contributed by atoms with van der Waals surface area (Å²) in [6.07, 6.45) is 2.01. The molecule has 0 saturated heterocycles. The predicted octanol–water partition coefficient (Wildman–Crippen LogP) is 1.07. The van der Waals surface area contributed by atoms with Crippen molar-refractivity contribution in [2.75, 3.05) is 7.11 Å². The van der Waals surface area contributed by atoms with E-state index in [0.29, 0.717) is 23.4 Å². The van der Waals surface area contributed by atoms with E-state index in [-0.39, 0.29) is 30.2 Å². The second kappa shape index (κ2) is 6.72. The molecule has 1 amide bonds. The van der Waals surface area contributed by atoms with Crippen LogP contribution in [0, 0.1) is 0 Å². The Bertz CT molecular complexity index is 855. The molecule has 0 bridgehead atoms. The van der Waals surface area contributed by atoms with Crippen LogP contribution in [-0.2, 0) is 24.8 Å². The number of nitrogens with zero attached hydrogens (tertiary/aromatic N) is 2. The molecule has 8 heteroatoms. The van der Waals surface area contributed by atoms with Gasteiger partial charge in [0.1, 0.15) is 11.4 Å². The van der Waals surface area contributed by atoms with Crippen molar-refractivity contribution >= 4 is 5.91 Å². The Morgan fingerprint density at radius 2 is 2.28 bits per heavy atom. The summed E-state index contributed by atoms with van der Waals surface area (Å²) in [6, 6.07) is 1.65. The van der Waals surface area contributed by atoms with Crippen molar-refractivity contribution in [3.8, 4) is 5.75 Å². The summed E-state index contributed by atoms with van der Waals surface area (Å²) < 4.78 is 12.5. The van der Waals surface area contributed by atoms with Crippen LogP contribution in [-0.4, -0.2) is 33.9 Å². The van der Waals surface area contributed by atoms with Crippen LogP contribution in [0.25, 0.3) is 0 Å². The number of pyridine rings is 1. The molecule has 134 valence electrons. The maximum absolute atomic E-state index is 12.7. The van der Waals surface area contributed by atoms with Gasteiger partial charge in [-0.1, -0.05) is 0 Å². The predicted molar refractivity (Wildman–Crippen MR) is 90.7 cm³/mol. The Morgan fingerprint density at radius 3 is 3.00 bits per heavy atom. The molecule has 0 aliphatic carbocycles. The monoisotopic (exact) mass is 346 g/mol. The summed E-state index contributed by atoms with van der Waals surface area (Å²) in [5, 5.41) is 7.23. The zero-order valence-electron chi connectivity index (χ0n) is 14.8. The van der Waals surface area contributed by atoms with Crippen LogP contribution < -0.4 is 15.6 Å². The number of carbonyl (C=O) groups excluding carboxylic acids is 1. The molecule has 0 fully saturated rings. The van der Waals surface area contributed by atoms with Gasteiger partial charge < -0.3 is 19.8 Å². The average molecular weight is 346 g/mol. The van der Waals surface area contributed by atoms with E-state index in [1.807, 2.05) is 13.8 Å². The summed E-state index contributed by atoms with van der Waals surface area (Å²) in [4.78, 5) is 27.3. The van der Waals surface area contributed by atoms with Crippen molar-refractivity contribution in [3.05, 3.63) is 45.1 Å². The summed E-state index contributed by atoms with van der Waals surface area (Å²) >= 11 is 0. The van der Waals surface area contributed by atoms with Gasteiger partial charge >= 0.3 is 0 Å². The molecule has 3 heterocycles. The number of rotatable bonds is 4. The van der Waals surface area contributed by atoms with E-state index in [4.69, 9.17) is 9.47 Å². The number of carbonyl (C=O) groups is 1. The van der Waals surface area contributed by atoms with E-state index in [1.54, 1.807) is 17.8 Å². The molecule has 0 spiro atoms. The number of amides is 1. The van der Waals surface area contributed by atoms with Gasteiger partial charge in [0.25, 0.3) is 11.5 Å². The van der Waals surface area contributed by atoms with Crippen molar-refractivity contribution in [1.82, 2.24) is 20.1 Å². The topological polar surface area (TPSA) is 98.2 Å². The zero-order chi connectivity index (χ0) is 18.1. The minimum absolute atomic E-state index is 0.0234. The van der Waals surface area contributed by atoms with Gasteiger partial charge in [-0.25, -0.2) is 0 Å². The molecular weight excluding hydrogens is 324 g/mol. The van der Waals surface area contributed by atoms with Gasteiger partial charge in [-0.3, -0.25) is 14.3 Å². The van der Waals surface area contributed by atoms with Crippen LogP contribution in [0.1, 0.15) is 47.3 Å². The molecule has 0 aromatic carbocycles. The molecule has 1 aliphatic heterocycles. The number of aromatic amines is 1. The highest BCUT2D eigenvalue weighted by molar-refractivity contribution is 5.94. The fraction of sp³-hybridized carbons (Fsp3) is 0.471. The van der Waals surface area contributed by atoms with Crippen LogP contribution >= 0.6 is 0 Å². The van der Waals surface area contributed by atoms with Crippen LogP contribution in [0.4, 0.5) is 0 Å². The number of hydrogen-bond acceptors (Lipinski definition) is 5. The lowest BCUT2D eigenvalue weighted by molar-refractivity contribution is -0.00710. The van der Waals surface area contributed by atoms with E-state index in [0.717, 1.165) is 11.3 Å². The molecular formula is C17H22N4O4. The number of fused-ring (bicyclic) bond motifs is 1. The van der Waals surface area contributed by atoms with Crippen LogP contribution in [0.2, 0.25) is 0 Å². The third-order valence-electron chi connectivity index (χ3n) is 4.37. The van der Waals surface area contributed by atoms with Gasteiger partial charge in [0.2, 0.25) is 0 Å². The number of aromatic nitrogens is 3. The minimum atomic E-state index is -0.290. The fourth-order valence-corrected chi connectivity index (χ4v) is 3.25. The SMILES string of the molecule is COc1cc[nH]c(=O)c1CNC(=O)c1c2c(nn1C)[C@H](C)O[C@H](C)C2. The Labute approximate surface area is 145 Å². The standard InChI is InChI=1S/C17H22N4O4/c1-9-7-11-14(10(2)25-9)20-21(3)15(11)17(23)19-8-12-13(24-4)5-6-18-16(12)22/h5-6,9-10H,7-8H2,1-4H3,(H,18,22)(H,19,23)/t9-,10+/m1/s1. The third-order valence-corrected chi connectivity index (χ3v) is 4.37. The average Bonchev–Trinajstić information content (AvgIpc) is 2.89. The highest BCUT2D eigenvalue weighted by Crippen LogP contribution is 2.31. The maximum Gasteiger partial charge on any atom is 0.270 e. The smallest absolute Gasteiger partial charge is 0.270 e. The van der Waals surface area contributed by atoms with E-state index >= 15 is 0 Å². The first kappa shape index (κ1) is 17.2. The quantitative estimate of drug-likeness (QED) is 0.863. The van der Waals surface area contributed by atoms with Crippen molar-refractivity contribution in [2.24, 2.45) is 7.05 Å². The van der Waals surface area contributed by atoms with Crippen LogP contribution in [0.5, 0.6) is 5.75 Å². The molecule has 3 rings (SSSR count). The molecule has 2 aromatic rings. The van der Waals surface area contributed by atoms with Crippen LogP contribution in [0.3, 0.4) is 0 Å². The molecule has 2 atom stereocenters. The first-order valence-electron chi connectivity index (χ1n) is 8.16. The summed E-state index contributed by atoms with van der Waals surface area (Å²) in [6.45, 7) is 3.97. The molecule has 2 N–H and O–H groups in total. The van der Waals surface area contributed by atoms with E-state index in [2.05, 4.69) is 15.4 Å². The second-order valence-electron chi connectivity index (χ2n) is 6.17. The van der Waals surface area contributed by atoms with Crippen molar-refractivity contribution in [1.29, 1.82) is 0 Å². The Hall–Kier alpha value is -2.61. The lowest BCUT2D eigenvalue weighted by Crippen LogP contribution is -2.30. The summed E-state index contributed by atoms with van der Waals surface area (Å²) in [7, 11) is 3.22. The summed E-state index contributed by atoms with van der Waals surface area (Å²) in [5.41, 5.74) is 2.28. The largest absolute Gasteiger partial charge is 0.496 e. The fourth-order valence-electron chi connectivity index (χ4n) is 3.25. The second-order valence-corrected chi connectivity index (χ2v) is 6.17. The van der Waals surface area contributed by atoms with Crippen molar-refractivity contribution < 1.29 is 14.3 Å². The molecule has 0 unspecified atom stereocenters. The van der Waals surface area contributed by atoms with Gasteiger partial charge in [0.15, 0.2) is 0 Å². The van der Waals surface area contributed by atoms with Crippen LogP contribution in [0.15, 0.2) is 17.1 Å². The number of ether oxygens (including phenoxy) is 2. The highest BCUT2D eigenvalue weighted by Gasteiger charge is 2.31. The lowest BCUT2D eigenvalue weighted by Gasteiger charge is -2.24. The number of nitrogens with one attached hydrogen (secondary N) is 2. The van der Waals surface area contributed by atoms with Gasteiger partial charge in [-0.15, -0.1) is 0 Å². The molecule has 0 radical (unpaired) electrons. The van der Waals surface area contributed by atoms with Gasteiger partial charge in [-0.2, -0.15) is 5.10 Å². The van der Waals surface area contributed by atoms with Gasteiger partial charge in [-0.05, 0) is 19.9 Å². The van der Waals surface area contributed by atoms with E-state index in [9.17, 15) is 9.59 Å². The highest BCUT2D eigenvalue weighted by atomic mass is 16.5. The molecule has 0 saturated carbocycles. The Balaban J connectivity index is 1.85. The third kappa shape index (κ3) is 3.17. The number of methoxy groups -OCH3 is 1. The molecule has 8 nitrogen and oxygen atoms in total. The molecule has 25 heavy (non-hydrogen) atoms. The zero-order valence-corrected chi connectivity index (χ0v) is 14.8. The van der Waals surface area contributed by atoms with Crippen molar-refractivity contribution in [3.63, 3.8) is 0 Å².